The van der Waals surface area contributed by atoms with Crippen LogP contribution in [0, 0.1) is 6.92 Å². The van der Waals surface area contributed by atoms with E-state index in [-0.39, 0.29) is 11.8 Å². The van der Waals surface area contributed by atoms with Gasteiger partial charge >= 0.3 is 0 Å². The Balaban J connectivity index is 2.25. The summed E-state index contributed by atoms with van der Waals surface area (Å²) in [5.41, 5.74) is 3.47. The minimum atomic E-state index is -0.278. The van der Waals surface area contributed by atoms with E-state index in [0.717, 1.165) is 17.0 Å². The molecule has 2 aromatic heterocycles. The van der Waals surface area contributed by atoms with Gasteiger partial charge in [-0.2, -0.15) is 15.2 Å². The molecule has 0 unspecified atom stereocenters. The largest absolute Gasteiger partial charge is 0.328 e. The van der Waals surface area contributed by atoms with E-state index >= 15 is 0 Å². The van der Waals surface area contributed by atoms with E-state index in [2.05, 4.69) is 20.5 Å². The fourth-order valence-corrected chi connectivity index (χ4v) is 2.62. The summed E-state index contributed by atoms with van der Waals surface area (Å²) in [6.07, 6.45) is 3.27. The normalized spacial score (nSPS) is 17.9. The van der Waals surface area contributed by atoms with Crippen LogP contribution < -0.4 is 5.32 Å². The highest BCUT2D eigenvalue weighted by molar-refractivity contribution is 5.96. The van der Waals surface area contributed by atoms with Crippen molar-refractivity contribution in [2.75, 3.05) is 5.32 Å². The van der Waals surface area contributed by atoms with Gasteiger partial charge in [-0.25, -0.2) is 4.68 Å². The summed E-state index contributed by atoms with van der Waals surface area (Å²) in [7, 11) is 1.88. The topological polar surface area (TPSA) is 77.6 Å². The third kappa shape index (κ3) is 1.66. The lowest BCUT2D eigenvalue weighted by molar-refractivity contribution is -0.114. The minimum Gasteiger partial charge on any atom is -0.328 e. The summed E-state index contributed by atoms with van der Waals surface area (Å²) >= 11 is 0. The van der Waals surface area contributed by atoms with Gasteiger partial charge in [-0.1, -0.05) is 0 Å². The van der Waals surface area contributed by atoms with Crippen LogP contribution in [0.2, 0.25) is 0 Å². The molecule has 0 spiro atoms. The van der Waals surface area contributed by atoms with Crippen molar-refractivity contribution in [2.45, 2.75) is 26.8 Å². The number of hydrogen-bond donors (Lipinski definition) is 1. The molecule has 0 saturated carbocycles. The zero-order valence-electron chi connectivity index (χ0n) is 11.9. The summed E-state index contributed by atoms with van der Waals surface area (Å²) < 4.78 is 3.52. The van der Waals surface area contributed by atoms with Gasteiger partial charge < -0.3 is 5.32 Å². The number of carbonyl (C=O) groups is 1. The van der Waals surface area contributed by atoms with Crippen LogP contribution in [0.3, 0.4) is 0 Å². The van der Waals surface area contributed by atoms with Gasteiger partial charge in [-0.05, 0) is 20.8 Å². The molecule has 0 aromatic carbocycles. The van der Waals surface area contributed by atoms with Crippen molar-refractivity contribution in [2.24, 2.45) is 7.05 Å². The second-order valence-electron chi connectivity index (χ2n) is 4.96. The van der Waals surface area contributed by atoms with Crippen LogP contribution in [0.5, 0.6) is 0 Å². The summed E-state index contributed by atoms with van der Waals surface area (Å²) in [4.78, 5) is 16.2. The third-order valence-corrected chi connectivity index (χ3v) is 3.74. The molecule has 0 radical (unpaired) electrons. The first-order valence-electron chi connectivity index (χ1n) is 6.37. The molecule has 2 aromatic rings. The van der Waals surface area contributed by atoms with Crippen LogP contribution in [-0.2, 0) is 11.8 Å². The van der Waals surface area contributed by atoms with Crippen molar-refractivity contribution in [3.05, 3.63) is 35.1 Å². The number of aromatic nitrogens is 5. The Hall–Kier alpha value is -2.44. The maximum atomic E-state index is 12.1. The molecule has 3 rings (SSSR count). The lowest BCUT2D eigenvalue weighted by Crippen LogP contribution is -2.28. The van der Waals surface area contributed by atoms with Crippen molar-refractivity contribution >= 4 is 11.7 Å². The summed E-state index contributed by atoms with van der Waals surface area (Å²) in [5, 5.41) is 11.6. The first-order valence-corrected chi connectivity index (χ1v) is 6.37. The van der Waals surface area contributed by atoms with E-state index in [1.807, 2.05) is 20.9 Å². The smallest absolute Gasteiger partial charge is 0.226 e. The molecule has 20 heavy (non-hydrogen) atoms. The molecule has 0 amide bonds. The van der Waals surface area contributed by atoms with Gasteiger partial charge in [0.25, 0.3) is 0 Å². The molecule has 1 aliphatic rings. The molecule has 0 aliphatic carbocycles. The zero-order valence-corrected chi connectivity index (χ0v) is 11.9. The summed E-state index contributed by atoms with van der Waals surface area (Å²) in [5.74, 6) is 0.658. The van der Waals surface area contributed by atoms with E-state index < -0.39 is 0 Å². The molecule has 1 aliphatic heterocycles. The zero-order chi connectivity index (χ0) is 14.4. The first-order chi connectivity index (χ1) is 9.50. The molecule has 1 N–H and O–H groups in total. The van der Waals surface area contributed by atoms with Gasteiger partial charge in [0.05, 0.1) is 6.20 Å². The van der Waals surface area contributed by atoms with Gasteiger partial charge in [0, 0.05) is 29.6 Å². The Morgan fingerprint density at radius 2 is 2.10 bits per heavy atom. The highest BCUT2D eigenvalue weighted by atomic mass is 16.1. The quantitative estimate of drug-likeness (QED) is 0.888. The highest BCUT2D eigenvalue weighted by Gasteiger charge is 2.33. The van der Waals surface area contributed by atoms with Crippen molar-refractivity contribution in [3.8, 4) is 0 Å². The molecule has 1 atom stereocenters. The Kier molecular flexibility index (Phi) is 2.70. The Morgan fingerprint density at radius 3 is 2.70 bits per heavy atom. The number of fused-ring (bicyclic) bond motifs is 1. The summed E-state index contributed by atoms with van der Waals surface area (Å²) in [6, 6.07) is -0.278. The van der Waals surface area contributed by atoms with Crippen molar-refractivity contribution in [3.63, 3.8) is 0 Å². The van der Waals surface area contributed by atoms with Gasteiger partial charge in [0.1, 0.15) is 12.4 Å². The van der Waals surface area contributed by atoms with Gasteiger partial charge in [-0.15, -0.1) is 0 Å². The molecule has 0 fully saturated rings. The minimum absolute atomic E-state index is 0.0180. The van der Waals surface area contributed by atoms with Gasteiger partial charge in [-0.3, -0.25) is 9.48 Å². The van der Waals surface area contributed by atoms with Crippen LogP contribution in [0.25, 0.3) is 0 Å². The maximum absolute atomic E-state index is 12.1. The second kappa shape index (κ2) is 4.29. The lowest BCUT2D eigenvalue weighted by Gasteiger charge is -2.27. The predicted molar refractivity (Wildman–Crippen MR) is 73.1 cm³/mol. The number of Topliss-reactive ketones (excluding diaryl/α,β-unsaturated/α-hetero) is 1. The van der Waals surface area contributed by atoms with Crippen LogP contribution in [0.1, 0.15) is 31.1 Å². The predicted octanol–water partition coefficient (Wildman–Crippen LogP) is 1.20. The van der Waals surface area contributed by atoms with Gasteiger partial charge in [0.15, 0.2) is 5.78 Å². The van der Waals surface area contributed by atoms with E-state index in [1.54, 1.807) is 22.5 Å². The number of allylic oxidation sites excluding steroid dienone is 2. The standard InChI is InChI=1S/C13H16N6O/c1-7-11(9(3)20)12(10-5-15-18(4)8(10)2)19-13(17-7)14-6-16-19/h5-6,12H,1-4H3,(H,14,16,17)/t12-/m1/s1. The molecule has 0 bridgehead atoms. The molecule has 104 valence electrons. The average Bonchev–Trinajstić information content (AvgIpc) is 2.96. The first kappa shape index (κ1) is 12.6. The Morgan fingerprint density at radius 1 is 1.35 bits per heavy atom. The van der Waals surface area contributed by atoms with E-state index in [0.29, 0.717) is 11.5 Å². The third-order valence-electron chi connectivity index (χ3n) is 3.74. The number of nitrogens with zero attached hydrogens (tertiary/aromatic N) is 5. The van der Waals surface area contributed by atoms with E-state index in [4.69, 9.17) is 0 Å². The number of nitrogens with one attached hydrogen (secondary N) is 1. The van der Waals surface area contributed by atoms with E-state index in [1.165, 1.54) is 6.33 Å². The maximum Gasteiger partial charge on any atom is 0.226 e. The van der Waals surface area contributed by atoms with Crippen molar-refractivity contribution in [1.29, 1.82) is 0 Å². The monoisotopic (exact) mass is 272 g/mol. The Labute approximate surface area is 116 Å². The van der Waals surface area contributed by atoms with Gasteiger partial charge in [0.2, 0.25) is 5.95 Å². The van der Waals surface area contributed by atoms with Crippen LogP contribution >= 0.6 is 0 Å². The fraction of sp³-hybridized carbons (Fsp3) is 0.385. The summed E-state index contributed by atoms with van der Waals surface area (Å²) in [6.45, 7) is 5.43. The molecule has 7 heteroatoms. The lowest BCUT2D eigenvalue weighted by atomic mass is 9.94. The number of hydrogen-bond acceptors (Lipinski definition) is 5. The number of rotatable bonds is 2. The number of carbonyl (C=O) groups excluding carboxylic acids is 1. The molecular formula is C13H16N6O. The average molecular weight is 272 g/mol. The molecule has 7 nitrogen and oxygen atoms in total. The Bertz CT molecular complexity index is 723. The second-order valence-corrected chi connectivity index (χ2v) is 4.96. The molecule has 3 heterocycles. The van der Waals surface area contributed by atoms with Crippen LogP contribution in [0.4, 0.5) is 5.95 Å². The SMILES string of the molecule is CC(=O)C1=C(C)Nc2ncnn2[C@@H]1c1cnn(C)c1C. The highest BCUT2D eigenvalue weighted by Crippen LogP contribution is 2.35. The van der Waals surface area contributed by atoms with Crippen molar-refractivity contribution < 1.29 is 4.79 Å². The number of anilines is 1. The number of ketones is 1. The molecule has 0 saturated heterocycles. The van der Waals surface area contributed by atoms with Crippen LogP contribution in [-0.4, -0.2) is 30.3 Å². The number of aryl methyl sites for hydroxylation is 1. The molecular weight excluding hydrogens is 256 g/mol. The van der Waals surface area contributed by atoms with E-state index in [9.17, 15) is 4.79 Å². The van der Waals surface area contributed by atoms with Crippen LogP contribution in [0.15, 0.2) is 23.8 Å². The van der Waals surface area contributed by atoms with Crippen molar-refractivity contribution in [1.82, 2.24) is 24.5 Å². The fourth-order valence-electron chi connectivity index (χ4n) is 2.62.